The molecule has 1 aliphatic rings. The summed E-state index contributed by atoms with van der Waals surface area (Å²) in [6.45, 7) is 2.41. The van der Waals surface area contributed by atoms with Gasteiger partial charge in [0.25, 0.3) is 5.91 Å². The summed E-state index contributed by atoms with van der Waals surface area (Å²) in [4.78, 5) is 16.8. The molecule has 1 N–H and O–H groups in total. The highest BCUT2D eigenvalue weighted by Gasteiger charge is 2.36. The van der Waals surface area contributed by atoms with E-state index in [1.54, 1.807) is 11.9 Å². The molecule has 162 valence electrons. The van der Waals surface area contributed by atoms with Gasteiger partial charge in [0.1, 0.15) is 0 Å². The summed E-state index contributed by atoms with van der Waals surface area (Å²) in [5, 5.41) is 10.4. The number of nitrogens with zero attached hydrogens (tertiary/aromatic N) is 2. The first-order chi connectivity index (χ1) is 14.5. The SMILES string of the molecule is CN(CCc1ccccc1)CCC1CCC(O)C(C(=O)N(C)Cc2ccccc2)O1. The number of hydrogen-bond donors (Lipinski definition) is 1. The lowest BCUT2D eigenvalue weighted by Crippen LogP contribution is -2.49. The standard InChI is InChI=1S/C25H34N2O3/c1-26(17-15-20-9-5-3-6-10-20)18-16-22-13-14-23(28)24(30-22)25(29)27(2)19-21-11-7-4-8-12-21/h3-12,22-24,28H,13-19H2,1-2H3. The average Bonchev–Trinajstić information content (AvgIpc) is 2.78. The maximum Gasteiger partial charge on any atom is 0.254 e. The Morgan fingerprint density at radius 1 is 0.967 bits per heavy atom. The van der Waals surface area contributed by atoms with Crippen molar-refractivity contribution in [2.24, 2.45) is 0 Å². The van der Waals surface area contributed by atoms with Crippen LogP contribution in [0.2, 0.25) is 0 Å². The minimum Gasteiger partial charge on any atom is -0.390 e. The normalized spacial score (nSPS) is 21.5. The lowest BCUT2D eigenvalue weighted by molar-refractivity contribution is -0.167. The van der Waals surface area contributed by atoms with Crippen molar-refractivity contribution >= 4 is 5.91 Å². The molecule has 1 heterocycles. The Morgan fingerprint density at radius 3 is 2.27 bits per heavy atom. The Balaban J connectivity index is 1.45. The summed E-state index contributed by atoms with van der Waals surface area (Å²) in [6.07, 6.45) is 1.78. The topological polar surface area (TPSA) is 53.0 Å². The van der Waals surface area contributed by atoms with E-state index in [0.717, 1.165) is 37.9 Å². The molecular formula is C25H34N2O3. The average molecular weight is 411 g/mol. The second-order valence-electron chi connectivity index (χ2n) is 8.33. The predicted octanol–water partition coefficient (Wildman–Crippen LogP) is 3.12. The summed E-state index contributed by atoms with van der Waals surface area (Å²) in [6, 6.07) is 20.4. The molecule has 3 rings (SSSR count). The fourth-order valence-corrected chi connectivity index (χ4v) is 3.90. The summed E-state index contributed by atoms with van der Waals surface area (Å²) in [5.41, 5.74) is 2.41. The van der Waals surface area contributed by atoms with Gasteiger partial charge in [0.05, 0.1) is 12.2 Å². The van der Waals surface area contributed by atoms with Gasteiger partial charge in [-0.25, -0.2) is 0 Å². The summed E-state index contributed by atoms with van der Waals surface area (Å²) < 4.78 is 6.06. The fourth-order valence-electron chi connectivity index (χ4n) is 3.90. The van der Waals surface area contributed by atoms with Crippen LogP contribution >= 0.6 is 0 Å². The van der Waals surface area contributed by atoms with Gasteiger partial charge >= 0.3 is 0 Å². The van der Waals surface area contributed by atoms with Gasteiger partial charge in [0, 0.05) is 26.7 Å². The van der Waals surface area contributed by atoms with Crippen LogP contribution in [-0.2, 0) is 22.5 Å². The Bertz CT molecular complexity index is 768. The lowest BCUT2D eigenvalue weighted by Gasteiger charge is -2.35. The van der Waals surface area contributed by atoms with Gasteiger partial charge in [-0.1, -0.05) is 60.7 Å². The number of ether oxygens (including phenoxy) is 1. The molecule has 5 heteroatoms. The summed E-state index contributed by atoms with van der Waals surface area (Å²) >= 11 is 0. The fraction of sp³-hybridized carbons (Fsp3) is 0.480. The van der Waals surface area contributed by atoms with Gasteiger partial charge in [0.15, 0.2) is 6.10 Å². The van der Waals surface area contributed by atoms with Crippen LogP contribution < -0.4 is 0 Å². The van der Waals surface area contributed by atoms with Gasteiger partial charge in [-0.05, 0) is 43.9 Å². The summed E-state index contributed by atoms with van der Waals surface area (Å²) in [7, 11) is 3.89. The van der Waals surface area contributed by atoms with Crippen LogP contribution in [0.3, 0.4) is 0 Å². The number of amides is 1. The molecule has 30 heavy (non-hydrogen) atoms. The first-order valence-electron chi connectivity index (χ1n) is 10.9. The van der Waals surface area contributed by atoms with E-state index in [1.807, 2.05) is 36.4 Å². The molecule has 5 nitrogen and oxygen atoms in total. The third-order valence-electron chi connectivity index (χ3n) is 5.81. The Morgan fingerprint density at radius 2 is 1.60 bits per heavy atom. The smallest absolute Gasteiger partial charge is 0.254 e. The highest BCUT2D eigenvalue weighted by atomic mass is 16.5. The van der Waals surface area contributed by atoms with Crippen molar-refractivity contribution in [2.75, 3.05) is 27.2 Å². The van der Waals surface area contributed by atoms with Crippen LogP contribution in [0.1, 0.15) is 30.4 Å². The molecule has 2 aromatic rings. The second-order valence-corrected chi connectivity index (χ2v) is 8.33. The molecule has 1 aliphatic heterocycles. The number of carbonyl (C=O) groups is 1. The zero-order valence-corrected chi connectivity index (χ0v) is 18.1. The quantitative estimate of drug-likeness (QED) is 0.690. The largest absolute Gasteiger partial charge is 0.390 e. The maximum atomic E-state index is 12.9. The first-order valence-corrected chi connectivity index (χ1v) is 10.9. The van der Waals surface area contributed by atoms with Crippen molar-refractivity contribution in [3.63, 3.8) is 0 Å². The van der Waals surface area contributed by atoms with Crippen LogP contribution in [0.4, 0.5) is 0 Å². The van der Waals surface area contributed by atoms with Crippen molar-refractivity contribution in [3.05, 3.63) is 71.8 Å². The molecule has 0 aliphatic carbocycles. The van der Waals surface area contributed by atoms with Gasteiger partial charge in [-0.15, -0.1) is 0 Å². The molecule has 3 unspecified atom stereocenters. The van der Waals surface area contributed by atoms with Crippen molar-refractivity contribution in [1.29, 1.82) is 0 Å². The number of aliphatic hydroxyl groups is 1. The van der Waals surface area contributed by atoms with E-state index in [0.29, 0.717) is 13.0 Å². The minimum absolute atomic E-state index is 0.00616. The van der Waals surface area contributed by atoms with Crippen LogP contribution in [0.15, 0.2) is 60.7 Å². The summed E-state index contributed by atoms with van der Waals surface area (Å²) in [5.74, 6) is -0.145. The maximum absolute atomic E-state index is 12.9. The molecule has 1 fully saturated rings. The third kappa shape index (κ3) is 6.66. The molecule has 3 atom stereocenters. The zero-order valence-electron chi connectivity index (χ0n) is 18.1. The van der Waals surface area contributed by atoms with Crippen molar-refractivity contribution in [3.8, 4) is 0 Å². The van der Waals surface area contributed by atoms with Crippen molar-refractivity contribution in [1.82, 2.24) is 9.80 Å². The van der Waals surface area contributed by atoms with Crippen molar-refractivity contribution in [2.45, 2.75) is 50.5 Å². The molecule has 0 bridgehead atoms. The van der Waals surface area contributed by atoms with Crippen LogP contribution in [0.5, 0.6) is 0 Å². The number of carbonyl (C=O) groups excluding carboxylic acids is 1. The monoisotopic (exact) mass is 410 g/mol. The van der Waals surface area contributed by atoms with E-state index in [-0.39, 0.29) is 12.0 Å². The third-order valence-corrected chi connectivity index (χ3v) is 5.81. The molecule has 0 aromatic heterocycles. The van der Waals surface area contributed by atoms with E-state index in [9.17, 15) is 9.90 Å². The van der Waals surface area contributed by atoms with E-state index < -0.39 is 12.2 Å². The molecule has 2 aromatic carbocycles. The first kappa shape index (κ1) is 22.5. The molecule has 1 saturated heterocycles. The van der Waals surface area contributed by atoms with Gasteiger partial charge < -0.3 is 19.6 Å². The molecular weight excluding hydrogens is 376 g/mol. The molecule has 0 spiro atoms. The highest BCUT2D eigenvalue weighted by Crippen LogP contribution is 2.24. The van der Waals surface area contributed by atoms with Crippen LogP contribution in [0, 0.1) is 0 Å². The van der Waals surface area contributed by atoms with E-state index in [2.05, 4.69) is 36.2 Å². The van der Waals surface area contributed by atoms with E-state index >= 15 is 0 Å². The predicted molar refractivity (Wildman–Crippen MR) is 119 cm³/mol. The number of likely N-dealkylation sites (N-methyl/N-ethyl adjacent to an activating group) is 2. The highest BCUT2D eigenvalue weighted by molar-refractivity contribution is 5.81. The number of aliphatic hydroxyl groups excluding tert-OH is 1. The van der Waals surface area contributed by atoms with Crippen molar-refractivity contribution < 1.29 is 14.6 Å². The Labute approximate surface area is 180 Å². The van der Waals surface area contributed by atoms with Crippen LogP contribution in [-0.4, -0.2) is 66.3 Å². The molecule has 1 amide bonds. The zero-order chi connectivity index (χ0) is 21.3. The van der Waals surface area contributed by atoms with E-state index in [4.69, 9.17) is 4.74 Å². The minimum atomic E-state index is -0.771. The Kier molecular flexibility index (Phi) is 8.43. The second kappa shape index (κ2) is 11.3. The van der Waals surface area contributed by atoms with Crippen LogP contribution in [0.25, 0.3) is 0 Å². The Hall–Kier alpha value is -2.21. The number of hydrogen-bond acceptors (Lipinski definition) is 4. The van der Waals surface area contributed by atoms with Gasteiger partial charge in [0.2, 0.25) is 0 Å². The molecule has 0 radical (unpaired) electrons. The van der Waals surface area contributed by atoms with E-state index in [1.165, 1.54) is 5.56 Å². The number of rotatable bonds is 9. The van der Waals surface area contributed by atoms with Gasteiger partial charge in [-0.2, -0.15) is 0 Å². The lowest BCUT2D eigenvalue weighted by atomic mass is 9.98. The number of benzene rings is 2. The van der Waals surface area contributed by atoms with Gasteiger partial charge in [-0.3, -0.25) is 4.79 Å². The molecule has 0 saturated carbocycles.